The van der Waals surface area contributed by atoms with Gasteiger partial charge in [-0.3, -0.25) is 0 Å². The van der Waals surface area contributed by atoms with E-state index in [2.05, 4.69) is 4.98 Å². The highest BCUT2D eigenvalue weighted by molar-refractivity contribution is 14.1. The van der Waals surface area contributed by atoms with Gasteiger partial charge in [-0.05, 0) is 54.7 Å². The van der Waals surface area contributed by atoms with Crippen molar-refractivity contribution in [2.75, 3.05) is 7.11 Å². The van der Waals surface area contributed by atoms with Crippen molar-refractivity contribution in [3.05, 3.63) is 26.3 Å². The molecule has 1 heterocycles. The maximum atomic E-state index is 13.7. The van der Waals surface area contributed by atoms with Crippen molar-refractivity contribution < 1.29 is 9.13 Å². The number of nitrogens with one attached hydrogen (secondary N) is 1. The van der Waals surface area contributed by atoms with E-state index in [0.29, 0.717) is 14.9 Å². The zero-order valence-electron chi connectivity index (χ0n) is 10.4. The Morgan fingerprint density at radius 2 is 2.17 bits per heavy atom. The van der Waals surface area contributed by atoms with Crippen LogP contribution in [-0.4, -0.2) is 22.3 Å². The molecule has 0 spiro atoms. The van der Waals surface area contributed by atoms with Gasteiger partial charge >= 0.3 is 0 Å². The fourth-order valence-corrected chi connectivity index (χ4v) is 2.49. The lowest BCUT2D eigenvalue weighted by atomic mass is 10.1. The number of benzene rings is 1. The van der Waals surface area contributed by atoms with Crippen molar-refractivity contribution in [3.8, 4) is 0 Å². The van der Waals surface area contributed by atoms with E-state index in [4.69, 9.17) is 17.0 Å². The van der Waals surface area contributed by atoms with Gasteiger partial charge in [0.1, 0.15) is 5.82 Å². The van der Waals surface area contributed by atoms with E-state index < -0.39 is 0 Å². The Morgan fingerprint density at radius 3 is 2.78 bits per heavy atom. The normalized spacial score (nSPS) is 12.3. The molecule has 3 nitrogen and oxygen atoms in total. The minimum atomic E-state index is -0.354. The summed E-state index contributed by atoms with van der Waals surface area (Å²) in [5, 5.41) is 0. The van der Waals surface area contributed by atoms with Crippen molar-refractivity contribution in [3.63, 3.8) is 0 Å². The van der Waals surface area contributed by atoms with E-state index in [-0.39, 0.29) is 11.4 Å². The van der Waals surface area contributed by atoms with Gasteiger partial charge < -0.3 is 14.3 Å². The number of hydrogen-bond acceptors (Lipinski definition) is 2. The lowest BCUT2D eigenvalue weighted by molar-refractivity contribution is 0.00872. The molecule has 1 aromatic carbocycles. The fraction of sp³-hybridized carbons (Fsp3) is 0.417. The summed E-state index contributed by atoms with van der Waals surface area (Å²) in [4.78, 5) is 3.09. The zero-order valence-corrected chi connectivity index (χ0v) is 13.4. The van der Waals surface area contributed by atoms with E-state index >= 15 is 0 Å². The number of methoxy groups -OCH3 is 1. The number of halogens is 2. The maximum absolute atomic E-state index is 13.7. The summed E-state index contributed by atoms with van der Waals surface area (Å²) >= 11 is 7.25. The average Bonchev–Trinajstić information content (AvgIpc) is 2.57. The highest BCUT2D eigenvalue weighted by atomic mass is 127. The topological polar surface area (TPSA) is 29.9 Å². The first kappa shape index (κ1) is 14.0. The minimum Gasteiger partial charge on any atom is -0.377 e. The zero-order chi connectivity index (χ0) is 13.5. The van der Waals surface area contributed by atoms with E-state index in [1.807, 2.05) is 41.0 Å². The molecular weight excluding hydrogens is 366 g/mol. The van der Waals surface area contributed by atoms with Crippen molar-refractivity contribution in [2.45, 2.75) is 26.0 Å². The summed E-state index contributed by atoms with van der Waals surface area (Å²) in [6, 6.07) is 3.27. The Kier molecular flexibility index (Phi) is 3.80. The maximum Gasteiger partial charge on any atom is 0.178 e. The highest BCUT2D eigenvalue weighted by Gasteiger charge is 2.19. The van der Waals surface area contributed by atoms with Crippen molar-refractivity contribution in [1.82, 2.24) is 9.55 Å². The summed E-state index contributed by atoms with van der Waals surface area (Å²) in [5.74, 6) is -0.235. The molecule has 18 heavy (non-hydrogen) atoms. The van der Waals surface area contributed by atoms with Gasteiger partial charge in [-0.1, -0.05) is 0 Å². The number of rotatable bonds is 3. The van der Waals surface area contributed by atoms with Crippen LogP contribution in [0.4, 0.5) is 4.39 Å². The molecule has 2 rings (SSSR count). The SMILES string of the molecule is COC(C)(C)Cn1c(=S)[nH]c2cc(I)c(F)cc21. The summed E-state index contributed by atoms with van der Waals surface area (Å²) in [6.07, 6.45) is 0. The number of imidazole rings is 1. The molecule has 0 saturated heterocycles. The third-order valence-electron chi connectivity index (χ3n) is 2.91. The van der Waals surface area contributed by atoms with Gasteiger partial charge in [0.15, 0.2) is 4.77 Å². The Hall–Kier alpha value is -0.470. The fourth-order valence-electron chi connectivity index (χ4n) is 1.75. The van der Waals surface area contributed by atoms with Gasteiger partial charge in [-0.15, -0.1) is 0 Å². The number of hydrogen-bond donors (Lipinski definition) is 1. The molecule has 2 aromatic rings. The van der Waals surface area contributed by atoms with E-state index in [0.717, 1.165) is 11.0 Å². The van der Waals surface area contributed by atoms with E-state index in [1.54, 1.807) is 13.2 Å². The Labute approximate surface area is 123 Å². The van der Waals surface area contributed by atoms with Crippen LogP contribution in [0.15, 0.2) is 12.1 Å². The number of fused-ring (bicyclic) bond motifs is 1. The number of ether oxygens (including phenoxy) is 1. The molecule has 0 atom stereocenters. The largest absolute Gasteiger partial charge is 0.377 e. The van der Waals surface area contributed by atoms with Crippen molar-refractivity contribution in [1.29, 1.82) is 0 Å². The van der Waals surface area contributed by atoms with Gasteiger partial charge in [0.05, 0.1) is 26.7 Å². The average molecular weight is 380 g/mol. The number of nitrogens with zero attached hydrogens (tertiary/aromatic N) is 1. The lowest BCUT2D eigenvalue weighted by Crippen LogP contribution is -2.29. The van der Waals surface area contributed by atoms with Crippen molar-refractivity contribution >= 4 is 45.8 Å². The molecule has 0 bridgehead atoms. The van der Waals surface area contributed by atoms with Crippen LogP contribution in [-0.2, 0) is 11.3 Å². The second kappa shape index (κ2) is 4.90. The van der Waals surface area contributed by atoms with Crippen LogP contribution < -0.4 is 0 Å². The summed E-state index contributed by atoms with van der Waals surface area (Å²) in [5.41, 5.74) is 1.26. The van der Waals surface area contributed by atoms with Crippen molar-refractivity contribution in [2.24, 2.45) is 0 Å². The van der Waals surface area contributed by atoms with Crippen LogP contribution >= 0.6 is 34.8 Å². The molecule has 0 aliphatic carbocycles. The molecule has 0 fully saturated rings. The first-order valence-corrected chi connectivity index (χ1v) is 6.95. The Bertz CT molecular complexity index is 647. The molecule has 6 heteroatoms. The molecule has 0 aliphatic rings. The predicted molar refractivity (Wildman–Crippen MR) is 80.9 cm³/mol. The molecule has 0 amide bonds. The van der Waals surface area contributed by atoms with E-state index in [9.17, 15) is 4.39 Å². The quantitative estimate of drug-likeness (QED) is 0.647. The molecule has 1 N–H and O–H groups in total. The third kappa shape index (κ3) is 2.60. The molecule has 0 aliphatic heterocycles. The number of aromatic amines is 1. The van der Waals surface area contributed by atoms with Crippen LogP contribution in [0.25, 0.3) is 11.0 Å². The second-order valence-electron chi connectivity index (χ2n) is 4.76. The first-order chi connectivity index (χ1) is 8.34. The third-order valence-corrected chi connectivity index (χ3v) is 4.06. The molecular formula is C12H14FIN2OS. The molecule has 0 unspecified atom stereocenters. The molecule has 98 valence electrons. The first-order valence-electron chi connectivity index (χ1n) is 5.47. The number of H-pyrrole nitrogens is 1. The van der Waals surface area contributed by atoms with Crippen LogP contribution in [0.2, 0.25) is 0 Å². The summed E-state index contributed by atoms with van der Waals surface area (Å²) in [7, 11) is 1.65. The van der Waals surface area contributed by atoms with Crippen LogP contribution in [0.5, 0.6) is 0 Å². The molecule has 0 radical (unpaired) electrons. The van der Waals surface area contributed by atoms with Crippen LogP contribution in [0.3, 0.4) is 0 Å². The predicted octanol–water partition coefficient (Wildman–Crippen LogP) is 3.87. The van der Waals surface area contributed by atoms with E-state index in [1.165, 1.54) is 6.07 Å². The highest BCUT2D eigenvalue weighted by Crippen LogP contribution is 2.23. The number of aromatic nitrogens is 2. The Morgan fingerprint density at radius 1 is 1.50 bits per heavy atom. The standard InChI is InChI=1S/C12H14FIN2OS/c1-12(2,17-3)6-16-10-4-7(13)8(14)5-9(10)15-11(16)18/h4-5H,6H2,1-3H3,(H,15,18). The minimum absolute atomic E-state index is 0.235. The van der Waals surface area contributed by atoms with Gasteiger partial charge in [0.2, 0.25) is 0 Å². The smallest absolute Gasteiger partial charge is 0.178 e. The van der Waals surface area contributed by atoms with Crippen LogP contribution in [0.1, 0.15) is 13.8 Å². The van der Waals surface area contributed by atoms with Gasteiger partial charge in [-0.2, -0.15) is 0 Å². The van der Waals surface area contributed by atoms with Gasteiger partial charge in [-0.25, -0.2) is 4.39 Å². The summed E-state index contributed by atoms with van der Waals surface area (Å²) < 4.78 is 22.1. The molecule has 1 aromatic heterocycles. The molecule has 0 saturated carbocycles. The van der Waals surface area contributed by atoms with Gasteiger partial charge in [0, 0.05) is 13.2 Å². The van der Waals surface area contributed by atoms with Crippen LogP contribution in [0, 0.1) is 14.2 Å². The Balaban J connectivity index is 2.60. The lowest BCUT2D eigenvalue weighted by Gasteiger charge is -2.23. The van der Waals surface area contributed by atoms with Gasteiger partial charge in [0.25, 0.3) is 0 Å². The second-order valence-corrected chi connectivity index (χ2v) is 6.31. The summed E-state index contributed by atoms with van der Waals surface area (Å²) in [6.45, 7) is 4.51. The monoisotopic (exact) mass is 380 g/mol.